The average molecular weight is 217 g/mol. The van der Waals surface area contributed by atoms with E-state index < -0.39 is 0 Å². The lowest BCUT2D eigenvalue weighted by atomic mass is 9.95. The third-order valence-corrected chi connectivity index (χ3v) is 2.96. The summed E-state index contributed by atoms with van der Waals surface area (Å²) in [6, 6.07) is 9.77. The van der Waals surface area contributed by atoms with Crippen LogP contribution in [0.4, 0.5) is 0 Å². The number of benzene rings is 1. The van der Waals surface area contributed by atoms with E-state index in [2.05, 4.69) is 4.98 Å². The third kappa shape index (κ3) is 2.13. The van der Waals surface area contributed by atoms with Gasteiger partial charge < -0.3 is 0 Å². The lowest BCUT2D eigenvalue weighted by molar-refractivity contribution is 0.0962. The van der Waals surface area contributed by atoms with Gasteiger partial charge in [0, 0.05) is 11.3 Å². The van der Waals surface area contributed by atoms with Gasteiger partial charge >= 0.3 is 0 Å². The van der Waals surface area contributed by atoms with Gasteiger partial charge in [-0.15, -0.1) is 11.3 Å². The maximum atomic E-state index is 12.0. The molecule has 3 heteroatoms. The first-order chi connectivity index (χ1) is 7.29. The van der Waals surface area contributed by atoms with E-state index in [0.717, 1.165) is 5.56 Å². The number of carbonyl (C=O) groups excluding carboxylic acids is 1. The van der Waals surface area contributed by atoms with Gasteiger partial charge in [0.1, 0.15) is 5.69 Å². The molecule has 0 radical (unpaired) electrons. The number of nitrogens with zero attached hydrogens (tertiary/aromatic N) is 1. The van der Waals surface area contributed by atoms with Crippen molar-refractivity contribution >= 4 is 17.1 Å². The molecule has 1 unspecified atom stereocenters. The highest BCUT2D eigenvalue weighted by atomic mass is 32.1. The Morgan fingerprint density at radius 1 is 1.33 bits per heavy atom. The van der Waals surface area contributed by atoms with Crippen molar-refractivity contribution in [2.24, 2.45) is 0 Å². The fourth-order valence-electron chi connectivity index (χ4n) is 1.45. The molecule has 0 saturated carbocycles. The van der Waals surface area contributed by atoms with E-state index in [4.69, 9.17) is 0 Å². The normalized spacial score (nSPS) is 12.3. The zero-order valence-electron chi connectivity index (χ0n) is 8.38. The molecule has 0 N–H and O–H groups in total. The number of hydrogen-bond donors (Lipinski definition) is 0. The maximum absolute atomic E-state index is 12.0. The summed E-state index contributed by atoms with van der Waals surface area (Å²) in [5.41, 5.74) is 3.29. The van der Waals surface area contributed by atoms with Crippen molar-refractivity contribution in [3.8, 4) is 0 Å². The molecular formula is C12H11NOS. The molecule has 0 bridgehead atoms. The highest BCUT2D eigenvalue weighted by Gasteiger charge is 2.17. The Hall–Kier alpha value is -1.48. The van der Waals surface area contributed by atoms with Crippen molar-refractivity contribution in [1.29, 1.82) is 0 Å². The van der Waals surface area contributed by atoms with E-state index in [1.165, 1.54) is 11.3 Å². The van der Waals surface area contributed by atoms with Crippen LogP contribution in [0.2, 0.25) is 0 Å². The summed E-state index contributed by atoms with van der Waals surface area (Å²) in [5.74, 6) is -0.0317. The molecule has 1 atom stereocenters. The second-order valence-electron chi connectivity index (χ2n) is 3.37. The van der Waals surface area contributed by atoms with Gasteiger partial charge in [-0.1, -0.05) is 37.3 Å². The molecule has 1 aromatic heterocycles. The molecular weight excluding hydrogens is 206 g/mol. The number of hydrogen-bond acceptors (Lipinski definition) is 3. The van der Waals surface area contributed by atoms with Crippen LogP contribution in [0.5, 0.6) is 0 Å². The van der Waals surface area contributed by atoms with Crippen LogP contribution in [-0.2, 0) is 0 Å². The molecule has 0 aliphatic carbocycles. The molecule has 2 aromatic rings. The van der Waals surface area contributed by atoms with Crippen LogP contribution >= 0.6 is 11.3 Å². The summed E-state index contributed by atoms with van der Waals surface area (Å²) >= 11 is 1.45. The van der Waals surface area contributed by atoms with E-state index in [-0.39, 0.29) is 11.7 Å². The van der Waals surface area contributed by atoms with Crippen LogP contribution < -0.4 is 0 Å². The van der Waals surface area contributed by atoms with Gasteiger partial charge in [0.15, 0.2) is 5.78 Å². The average Bonchev–Trinajstić information content (AvgIpc) is 2.82. The largest absolute Gasteiger partial charge is 0.292 e. The van der Waals surface area contributed by atoms with Gasteiger partial charge in [0.2, 0.25) is 0 Å². The van der Waals surface area contributed by atoms with E-state index in [1.807, 2.05) is 37.3 Å². The molecule has 15 heavy (non-hydrogen) atoms. The summed E-state index contributed by atoms with van der Waals surface area (Å²) in [6.07, 6.45) is 0. The summed E-state index contributed by atoms with van der Waals surface area (Å²) in [4.78, 5) is 16.0. The molecule has 0 aliphatic heterocycles. The second-order valence-corrected chi connectivity index (χ2v) is 4.09. The Labute approximate surface area is 92.6 Å². The minimum atomic E-state index is -0.117. The quantitative estimate of drug-likeness (QED) is 0.739. The highest BCUT2D eigenvalue weighted by molar-refractivity contribution is 7.07. The standard InChI is InChI=1S/C12H11NOS/c1-9(10-5-3-2-4-6-10)12(14)11-7-15-8-13-11/h2-9H,1H3. The molecule has 2 nitrogen and oxygen atoms in total. The third-order valence-electron chi connectivity index (χ3n) is 2.38. The first-order valence-electron chi connectivity index (χ1n) is 4.76. The van der Waals surface area contributed by atoms with Crippen LogP contribution in [0.3, 0.4) is 0 Å². The van der Waals surface area contributed by atoms with Crippen molar-refractivity contribution in [3.63, 3.8) is 0 Å². The topological polar surface area (TPSA) is 30.0 Å². The van der Waals surface area contributed by atoms with Gasteiger partial charge in [0.05, 0.1) is 5.51 Å². The lowest BCUT2D eigenvalue weighted by Crippen LogP contribution is -2.09. The monoisotopic (exact) mass is 217 g/mol. The number of Topliss-reactive ketones (excluding diaryl/α,β-unsaturated/α-hetero) is 1. The van der Waals surface area contributed by atoms with Gasteiger partial charge in [-0.05, 0) is 5.56 Å². The molecule has 76 valence electrons. The van der Waals surface area contributed by atoms with Crippen molar-refractivity contribution in [2.45, 2.75) is 12.8 Å². The van der Waals surface area contributed by atoms with Crippen molar-refractivity contribution < 1.29 is 4.79 Å². The predicted molar refractivity (Wildman–Crippen MR) is 61.3 cm³/mol. The number of rotatable bonds is 3. The van der Waals surface area contributed by atoms with Gasteiger partial charge in [-0.25, -0.2) is 4.98 Å². The fourth-order valence-corrected chi connectivity index (χ4v) is 1.99. The molecule has 0 fully saturated rings. The molecule has 0 spiro atoms. The predicted octanol–water partition coefficient (Wildman–Crippen LogP) is 3.13. The minimum Gasteiger partial charge on any atom is -0.292 e. The summed E-state index contributed by atoms with van der Waals surface area (Å²) in [7, 11) is 0. The van der Waals surface area contributed by atoms with E-state index >= 15 is 0 Å². The zero-order valence-corrected chi connectivity index (χ0v) is 9.20. The smallest absolute Gasteiger partial charge is 0.189 e. The number of aromatic nitrogens is 1. The van der Waals surface area contributed by atoms with Gasteiger partial charge in [-0.3, -0.25) is 4.79 Å². The zero-order chi connectivity index (χ0) is 10.7. The van der Waals surface area contributed by atoms with Crippen LogP contribution in [0.25, 0.3) is 0 Å². The molecule has 0 aliphatic rings. The number of ketones is 1. The van der Waals surface area contributed by atoms with Crippen LogP contribution in [0.15, 0.2) is 41.2 Å². The summed E-state index contributed by atoms with van der Waals surface area (Å²) in [6.45, 7) is 1.91. The Morgan fingerprint density at radius 2 is 2.07 bits per heavy atom. The number of thiazole rings is 1. The number of carbonyl (C=O) groups is 1. The lowest BCUT2D eigenvalue weighted by Gasteiger charge is -2.08. The molecule has 1 heterocycles. The molecule has 2 rings (SSSR count). The Balaban J connectivity index is 2.23. The first-order valence-corrected chi connectivity index (χ1v) is 5.70. The molecule has 0 saturated heterocycles. The van der Waals surface area contributed by atoms with E-state index in [1.54, 1.807) is 10.9 Å². The Morgan fingerprint density at radius 3 is 2.67 bits per heavy atom. The van der Waals surface area contributed by atoms with Gasteiger partial charge in [0.25, 0.3) is 0 Å². The Kier molecular flexibility index (Phi) is 2.92. The van der Waals surface area contributed by atoms with Crippen molar-refractivity contribution in [2.75, 3.05) is 0 Å². The summed E-state index contributed by atoms with van der Waals surface area (Å²) in [5, 5.41) is 1.79. The summed E-state index contributed by atoms with van der Waals surface area (Å²) < 4.78 is 0. The van der Waals surface area contributed by atoms with Crippen LogP contribution in [0, 0.1) is 0 Å². The van der Waals surface area contributed by atoms with E-state index in [0.29, 0.717) is 5.69 Å². The molecule has 0 amide bonds. The van der Waals surface area contributed by atoms with Crippen molar-refractivity contribution in [3.05, 3.63) is 52.5 Å². The van der Waals surface area contributed by atoms with Crippen molar-refractivity contribution in [1.82, 2.24) is 4.98 Å². The first kappa shape index (κ1) is 10.1. The second kappa shape index (κ2) is 4.36. The fraction of sp³-hybridized carbons (Fsp3) is 0.167. The molecule has 1 aromatic carbocycles. The highest BCUT2D eigenvalue weighted by Crippen LogP contribution is 2.19. The van der Waals surface area contributed by atoms with Crippen LogP contribution in [0.1, 0.15) is 28.9 Å². The minimum absolute atomic E-state index is 0.0856. The van der Waals surface area contributed by atoms with Gasteiger partial charge in [-0.2, -0.15) is 0 Å². The van der Waals surface area contributed by atoms with Crippen LogP contribution in [-0.4, -0.2) is 10.8 Å². The SMILES string of the molecule is CC(C(=O)c1cscn1)c1ccccc1. The van der Waals surface area contributed by atoms with E-state index in [9.17, 15) is 4.79 Å². The maximum Gasteiger partial charge on any atom is 0.189 e. The Bertz CT molecular complexity index is 436.